The van der Waals surface area contributed by atoms with Crippen LogP contribution in [0.5, 0.6) is 17.4 Å². The lowest BCUT2D eigenvalue weighted by Gasteiger charge is -2.17. The number of H-pyrrole nitrogens is 1. The van der Waals surface area contributed by atoms with Gasteiger partial charge in [0.1, 0.15) is 0 Å². The molecule has 0 saturated carbocycles. The lowest BCUT2D eigenvalue weighted by atomic mass is 10.1. The van der Waals surface area contributed by atoms with Crippen LogP contribution in [0, 0.1) is 0 Å². The smallest absolute Gasteiger partial charge is 0.231 e. The van der Waals surface area contributed by atoms with Crippen molar-refractivity contribution < 1.29 is 14.6 Å². The number of nitrogen functional groups attached to an aromatic ring is 1. The predicted molar refractivity (Wildman–Crippen MR) is 130 cm³/mol. The average Bonchev–Trinajstić information content (AvgIpc) is 3.37. The molecule has 5 rings (SSSR count). The first kappa shape index (κ1) is 20.9. The topological polar surface area (TPSA) is 96.1 Å². The molecule has 0 unspecified atom stereocenters. The number of aliphatic imine (C=N–C) groups is 1. The third-order valence-electron chi connectivity index (χ3n) is 5.74. The van der Waals surface area contributed by atoms with Crippen LogP contribution in [0.4, 0.5) is 11.4 Å². The Balaban J connectivity index is 1.28. The molecule has 2 heterocycles. The highest BCUT2D eigenvalue weighted by Crippen LogP contribution is 2.33. The number of hydrogen-bond donors (Lipinski definition) is 3. The lowest BCUT2D eigenvalue weighted by Crippen LogP contribution is -2.17. The van der Waals surface area contributed by atoms with Gasteiger partial charge in [-0.05, 0) is 67.6 Å². The second kappa shape index (κ2) is 8.52. The molecule has 0 amide bonds. The molecular weight excluding hydrogens is 416 g/mol. The van der Waals surface area contributed by atoms with Gasteiger partial charge in [-0.3, -0.25) is 9.89 Å². The van der Waals surface area contributed by atoms with Crippen molar-refractivity contribution in [2.75, 3.05) is 19.6 Å². The minimum Gasteiger partial charge on any atom is -0.494 e. The fourth-order valence-corrected chi connectivity index (χ4v) is 4.21. The summed E-state index contributed by atoms with van der Waals surface area (Å²) in [7, 11) is 2.09. The summed E-state index contributed by atoms with van der Waals surface area (Å²) in [5.41, 5.74) is 12.0. The van der Waals surface area contributed by atoms with E-state index in [1.54, 1.807) is 6.07 Å². The Morgan fingerprint density at radius 3 is 2.55 bits per heavy atom. The molecule has 4 N–H and O–H groups in total. The van der Waals surface area contributed by atoms with Gasteiger partial charge in [0.15, 0.2) is 17.4 Å². The summed E-state index contributed by atoms with van der Waals surface area (Å²) in [5, 5.41) is 11.2. The molecule has 7 nitrogen and oxygen atoms in total. The third kappa shape index (κ3) is 4.36. The molecule has 33 heavy (non-hydrogen) atoms. The lowest BCUT2D eigenvalue weighted by molar-refractivity contribution is 0.174. The maximum atomic E-state index is 10.4. The zero-order chi connectivity index (χ0) is 22.9. The first-order chi connectivity index (χ1) is 16.0. The van der Waals surface area contributed by atoms with Crippen LogP contribution in [0.15, 0.2) is 65.7 Å². The van der Waals surface area contributed by atoms with Crippen molar-refractivity contribution in [1.82, 2.24) is 9.88 Å². The second-order valence-electron chi connectivity index (χ2n) is 8.38. The maximum absolute atomic E-state index is 10.4. The molecule has 3 aromatic carbocycles. The predicted octanol–water partition coefficient (Wildman–Crippen LogP) is 4.96. The highest BCUT2D eigenvalue weighted by molar-refractivity contribution is 6.13. The highest BCUT2D eigenvalue weighted by atomic mass is 16.7. The SMILES string of the molecule is CC(=Nc1ccc(CN(C)Cc2ccc3c(c2)OCO3)cc1)c1c(O)[nH]c2ccc(N)cc12. The molecule has 1 aliphatic rings. The van der Waals surface area contributed by atoms with E-state index in [-0.39, 0.29) is 12.7 Å². The number of nitrogens with zero attached hydrogens (tertiary/aromatic N) is 2. The number of benzene rings is 3. The number of aromatic hydroxyl groups is 1. The molecule has 0 fully saturated rings. The summed E-state index contributed by atoms with van der Waals surface area (Å²) in [5.74, 6) is 1.71. The maximum Gasteiger partial charge on any atom is 0.231 e. The molecule has 168 valence electrons. The van der Waals surface area contributed by atoms with Gasteiger partial charge in [-0.1, -0.05) is 18.2 Å². The van der Waals surface area contributed by atoms with Crippen molar-refractivity contribution in [3.8, 4) is 17.4 Å². The molecule has 1 aromatic heterocycles. The van der Waals surface area contributed by atoms with Gasteiger partial charge in [-0.2, -0.15) is 0 Å². The molecule has 0 spiro atoms. The Morgan fingerprint density at radius 1 is 1.00 bits per heavy atom. The van der Waals surface area contributed by atoms with Gasteiger partial charge >= 0.3 is 0 Å². The van der Waals surface area contributed by atoms with Crippen molar-refractivity contribution in [2.45, 2.75) is 20.0 Å². The molecule has 0 atom stereocenters. The van der Waals surface area contributed by atoms with Gasteiger partial charge in [-0.25, -0.2) is 0 Å². The van der Waals surface area contributed by atoms with Crippen LogP contribution in [0.2, 0.25) is 0 Å². The number of fused-ring (bicyclic) bond motifs is 2. The van der Waals surface area contributed by atoms with E-state index in [2.05, 4.69) is 35.1 Å². The minimum absolute atomic E-state index is 0.0959. The van der Waals surface area contributed by atoms with E-state index in [1.807, 2.05) is 43.3 Å². The Hall–Kier alpha value is -3.97. The van der Waals surface area contributed by atoms with Gasteiger partial charge < -0.3 is 25.3 Å². The zero-order valence-electron chi connectivity index (χ0n) is 18.6. The summed E-state index contributed by atoms with van der Waals surface area (Å²) in [6.07, 6.45) is 0. The van der Waals surface area contributed by atoms with Crippen molar-refractivity contribution >= 4 is 28.0 Å². The summed E-state index contributed by atoms with van der Waals surface area (Å²) in [6.45, 7) is 3.79. The number of nitrogens with one attached hydrogen (secondary N) is 1. The van der Waals surface area contributed by atoms with Crippen molar-refractivity contribution in [2.24, 2.45) is 4.99 Å². The number of rotatable bonds is 6. The number of anilines is 1. The molecule has 1 aliphatic heterocycles. The fourth-order valence-electron chi connectivity index (χ4n) is 4.21. The Kier molecular flexibility index (Phi) is 5.40. The number of ether oxygens (including phenoxy) is 2. The molecule has 0 radical (unpaired) electrons. The fraction of sp³-hybridized carbons (Fsp3) is 0.192. The summed E-state index contributed by atoms with van der Waals surface area (Å²) < 4.78 is 10.9. The van der Waals surface area contributed by atoms with Gasteiger partial charge in [0.2, 0.25) is 6.79 Å². The van der Waals surface area contributed by atoms with E-state index in [4.69, 9.17) is 20.2 Å². The van der Waals surface area contributed by atoms with Gasteiger partial charge in [0, 0.05) is 29.7 Å². The highest BCUT2D eigenvalue weighted by Gasteiger charge is 2.15. The van der Waals surface area contributed by atoms with Crippen molar-refractivity contribution in [3.05, 3.63) is 77.4 Å². The number of nitrogens with two attached hydrogens (primary N) is 1. The minimum atomic E-state index is 0.0959. The normalized spacial score (nSPS) is 13.2. The summed E-state index contributed by atoms with van der Waals surface area (Å²) in [6, 6.07) is 19.7. The van der Waals surface area contributed by atoms with Gasteiger partial charge in [-0.15, -0.1) is 0 Å². The largest absolute Gasteiger partial charge is 0.494 e. The Labute approximate surface area is 192 Å². The quantitative estimate of drug-likeness (QED) is 0.290. The number of aromatic nitrogens is 1. The Bertz CT molecular complexity index is 1340. The van der Waals surface area contributed by atoms with Crippen molar-refractivity contribution in [1.29, 1.82) is 0 Å². The first-order valence-corrected chi connectivity index (χ1v) is 10.8. The monoisotopic (exact) mass is 442 g/mol. The van der Waals surface area contributed by atoms with Crippen LogP contribution < -0.4 is 15.2 Å². The molecule has 0 aliphatic carbocycles. The van der Waals surface area contributed by atoms with E-state index in [9.17, 15) is 5.11 Å². The molecule has 4 aromatic rings. The van der Waals surface area contributed by atoms with Crippen LogP contribution in [0.25, 0.3) is 10.9 Å². The number of hydrogen-bond acceptors (Lipinski definition) is 6. The standard InChI is InChI=1S/C26H26N4O3/c1-16(25-21-12-19(27)6-9-22(21)29-26(25)31)28-20-7-3-17(4-8-20)13-30(2)14-18-5-10-23-24(11-18)33-15-32-23/h3-12,29,31H,13-15,27H2,1-2H3. The van der Waals surface area contributed by atoms with Crippen LogP contribution in [-0.4, -0.2) is 34.5 Å². The summed E-state index contributed by atoms with van der Waals surface area (Å²) >= 11 is 0. The molecular formula is C26H26N4O3. The van der Waals surface area contributed by atoms with Gasteiger partial charge in [0.25, 0.3) is 0 Å². The van der Waals surface area contributed by atoms with E-state index in [0.717, 1.165) is 46.9 Å². The Morgan fingerprint density at radius 2 is 1.73 bits per heavy atom. The van der Waals surface area contributed by atoms with E-state index in [1.165, 1.54) is 11.1 Å². The third-order valence-corrected chi connectivity index (χ3v) is 5.74. The second-order valence-corrected chi connectivity index (χ2v) is 8.38. The van der Waals surface area contributed by atoms with Crippen LogP contribution >= 0.6 is 0 Å². The van der Waals surface area contributed by atoms with E-state index in [0.29, 0.717) is 11.3 Å². The molecule has 0 saturated heterocycles. The van der Waals surface area contributed by atoms with E-state index < -0.39 is 0 Å². The van der Waals surface area contributed by atoms with E-state index >= 15 is 0 Å². The van der Waals surface area contributed by atoms with Crippen LogP contribution in [0.1, 0.15) is 23.6 Å². The van der Waals surface area contributed by atoms with Crippen LogP contribution in [-0.2, 0) is 13.1 Å². The average molecular weight is 443 g/mol. The molecule has 0 bridgehead atoms. The summed E-state index contributed by atoms with van der Waals surface area (Å²) in [4.78, 5) is 9.95. The van der Waals surface area contributed by atoms with Gasteiger partial charge in [0.05, 0.1) is 17.0 Å². The number of aromatic amines is 1. The zero-order valence-corrected chi connectivity index (χ0v) is 18.6. The molecule has 7 heteroatoms. The van der Waals surface area contributed by atoms with Crippen molar-refractivity contribution in [3.63, 3.8) is 0 Å². The van der Waals surface area contributed by atoms with Crippen LogP contribution in [0.3, 0.4) is 0 Å². The first-order valence-electron chi connectivity index (χ1n) is 10.8.